The number of nitrogens with two attached hydrogens (primary N) is 1. The van der Waals surface area contributed by atoms with Gasteiger partial charge in [0, 0.05) is 4.88 Å². The van der Waals surface area contributed by atoms with Gasteiger partial charge in [-0.25, -0.2) is 0 Å². The predicted molar refractivity (Wildman–Crippen MR) is 73.1 cm³/mol. The summed E-state index contributed by atoms with van der Waals surface area (Å²) in [5, 5.41) is 14.3. The van der Waals surface area contributed by atoms with E-state index in [4.69, 9.17) is 22.5 Å². The highest BCUT2D eigenvalue weighted by atomic mass is 35.5. The Labute approximate surface area is 115 Å². The van der Waals surface area contributed by atoms with Crippen LogP contribution in [0.3, 0.4) is 0 Å². The van der Waals surface area contributed by atoms with E-state index in [0.29, 0.717) is 4.34 Å². The van der Waals surface area contributed by atoms with Crippen molar-refractivity contribution in [3.63, 3.8) is 0 Å². The maximum absolute atomic E-state index is 12.0. The van der Waals surface area contributed by atoms with Gasteiger partial charge in [0.15, 0.2) is 5.84 Å². The number of nitrogens with one attached hydrogen (secondary N) is 1. The number of carbonyl (C=O) groups is 1. The molecule has 0 saturated heterocycles. The first-order valence-electron chi connectivity index (χ1n) is 5.33. The molecule has 1 amide bonds. The zero-order valence-electron chi connectivity index (χ0n) is 10.4. The summed E-state index contributed by atoms with van der Waals surface area (Å²) in [6.45, 7) is 5.03. The molecule has 1 unspecified atom stereocenters. The van der Waals surface area contributed by atoms with Crippen LogP contribution in [0.4, 0.5) is 0 Å². The molecule has 0 fully saturated rings. The van der Waals surface area contributed by atoms with Gasteiger partial charge in [0.2, 0.25) is 5.91 Å². The largest absolute Gasteiger partial charge is 0.409 e. The molecule has 0 radical (unpaired) electrons. The molecule has 0 spiro atoms. The number of hydrogen-bond acceptors (Lipinski definition) is 4. The van der Waals surface area contributed by atoms with E-state index in [1.54, 1.807) is 19.9 Å². The summed E-state index contributed by atoms with van der Waals surface area (Å²) in [6.07, 6.45) is 0. The van der Waals surface area contributed by atoms with Gasteiger partial charge in [0.1, 0.15) is 5.41 Å². The predicted octanol–water partition coefficient (Wildman–Crippen LogP) is 2.35. The number of halogens is 1. The molecule has 4 N–H and O–H groups in total. The molecule has 1 aromatic heterocycles. The van der Waals surface area contributed by atoms with Crippen molar-refractivity contribution in [3.05, 3.63) is 21.3 Å². The van der Waals surface area contributed by atoms with Crippen LogP contribution in [0.2, 0.25) is 4.34 Å². The van der Waals surface area contributed by atoms with Crippen LogP contribution in [-0.4, -0.2) is 17.0 Å². The maximum Gasteiger partial charge on any atom is 0.233 e. The standard InChI is InChI=1S/C11H16ClN3O2S/c1-6(7-4-5-8(12)18-7)14-10(16)11(2,3)9(13)15-17/h4-6,17H,1-3H3,(H2,13,15)(H,14,16). The van der Waals surface area contributed by atoms with Crippen LogP contribution in [0.1, 0.15) is 31.7 Å². The summed E-state index contributed by atoms with van der Waals surface area (Å²) in [6, 6.07) is 3.45. The second-order valence-electron chi connectivity index (χ2n) is 4.45. The third kappa shape index (κ3) is 3.14. The van der Waals surface area contributed by atoms with Crippen molar-refractivity contribution in [1.82, 2.24) is 5.32 Å². The molecule has 0 aliphatic rings. The van der Waals surface area contributed by atoms with Crippen molar-refractivity contribution in [3.8, 4) is 0 Å². The summed E-state index contributed by atoms with van der Waals surface area (Å²) in [7, 11) is 0. The van der Waals surface area contributed by atoms with Gasteiger partial charge < -0.3 is 16.3 Å². The second kappa shape index (κ2) is 5.58. The third-order valence-corrected chi connectivity index (χ3v) is 4.10. The molecule has 0 bridgehead atoms. The van der Waals surface area contributed by atoms with Crippen LogP contribution in [0.5, 0.6) is 0 Å². The van der Waals surface area contributed by atoms with Gasteiger partial charge in [0.25, 0.3) is 0 Å². The number of hydrogen-bond donors (Lipinski definition) is 3. The van der Waals surface area contributed by atoms with Gasteiger partial charge in [-0.1, -0.05) is 16.8 Å². The van der Waals surface area contributed by atoms with E-state index < -0.39 is 5.41 Å². The lowest BCUT2D eigenvalue weighted by atomic mass is 9.90. The molecule has 0 aromatic carbocycles. The minimum atomic E-state index is -1.07. The Bertz CT molecular complexity index is 471. The molecular weight excluding hydrogens is 274 g/mol. The minimum absolute atomic E-state index is 0.128. The fraction of sp³-hybridized carbons (Fsp3) is 0.455. The monoisotopic (exact) mass is 289 g/mol. The van der Waals surface area contributed by atoms with E-state index in [9.17, 15) is 4.79 Å². The number of carbonyl (C=O) groups excluding carboxylic acids is 1. The lowest BCUT2D eigenvalue weighted by molar-refractivity contribution is -0.127. The van der Waals surface area contributed by atoms with Crippen LogP contribution < -0.4 is 11.1 Å². The molecule has 1 rings (SSSR count). The SMILES string of the molecule is CC(NC(=O)C(C)(C)C(N)=NO)c1ccc(Cl)s1. The van der Waals surface area contributed by atoms with Crippen LogP contribution >= 0.6 is 22.9 Å². The molecule has 0 aliphatic carbocycles. The van der Waals surface area contributed by atoms with Gasteiger partial charge in [-0.15, -0.1) is 11.3 Å². The van der Waals surface area contributed by atoms with Gasteiger partial charge in [-0.2, -0.15) is 0 Å². The topological polar surface area (TPSA) is 87.7 Å². The minimum Gasteiger partial charge on any atom is -0.409 e. The Morgan fingerprint density at radius 2 is 2.22 bits per heavy atom. The van der Waals surface area contributed by atoms with E-state index >= 15 is 0 Å². The lowest BCUT2D eigenvalue weighted by Gasteiger charge is -2.24. The van der Waals surface area contributed by atoms with Crippen LogP contribution in [-0.2, 0) is 4.79 Å². The summed E-state index contributed by atoms with van der Waals surface area (Å²) in [5.74, 6) is -0.439. The van der Waals surface area contributed by atoms with Crippen LogP contribution in [0.15, 0.2) is 17.3 Å². The molecule has 1 heterocycles. The molecule has 18 heavy (non-hydrogen) atoms. The summed E-state index contributed by atoms with van der Waals surface area (Å²) >= 11 is 7.24. The van der Waals surface area contributed by atoms with Crippen molar-refractivity contribution >= 4 is 34.7 Å². The molecule has 1 atom stereocenters. The Morgan fingerprint density at radius 3 is 2.67 bits per heavy atom. The fourth-order valence-corrected chi connectivity index (χ4v) is 2.31. The first-order chi connectivity index (χ1) is 8.28. The third-order valence-electron chi connectivity index (χ3n) is 2.68. The molecular formula is C11H16ClN3O2S. The summed E-state index contributed by atoms with van der Waals surface area (Å²) in [5.41, 5.74) is 4.43. The van der Waals surface area contributed by atoms with Crippen molar-refractivity contribution < 1.29 is 10.0 Å². The Morgan fingerprint density at radius 1 is 1.61 bits per heavy atom. The highest BCUT2D eigenvalue weighted by molar-refractivity contribution is 7.16. The summed E-state index contributed by atoms with van der Waals surface area (Å²) in [4.78, 5) is 13.0. The van der Waals surface area contributed by atoms with Gasteiger partial charge in [-0.05, 0) is 32.9 Å². The van der Waals surface area contributed by atoms with E-state index in [1.807, 2.05) is 13.0 Å². The van der Waals surface area contributed by atoms with Gasteiger partial charge in [0.05, 0.1) is 10.4 Å². The number of rotatable bonds is 4. The van der Waals surface area contributed by atoms with Gasteiger partial charge in [-0.3, -0.25) is 4.79 Å². The number of oxime groups is 1. The molecule has 0 aliphatic heterocycles. The molecule has 5 nitrogen and oxygen atoms in total. The Balaban J connectivity index is 2.76. The maximum atomic E-state index is 12.0. The van der Waals surface area contributed by atoms with Crippen molar-refractivity contribution in [1.29, 1.82) is 0 Å². The van der Waals surface area contributed by atoms with Crippen molar-refractivity contribution in [2.24, 2.45) is 16.3 Å². The molecule has 100 valence electrons. The number of nitrogens with zero attached hydrogens (tertiary/aromatic N) is 1. The molecule has 0 saturated carbocycles. The first kappa shape index (κ1) is 14.8. The summed E-state index contributed by atoms with van der Waals surface area (Å²) < 4.78 is 0.668. The molecule has 1 aromatic rings. The fourth-order valence-electron chi connectivity index (χ4n) is 1.25. The number of amidine groups is 1. The van der Waals surface area contributed by atoms with Gasteiger partial charge >= 0.3 is 0 Å². The van der Waals surface area contributed by atoms with Crippen LogP contribution in [0.25, 0.3) is 0 Å². The zero-order chi connectivity index (χ0) is 13.9. The van der Waals surface area contributed by atoms with Crippen LogP contribution in [0, 0.1) is 5.41 Å². The average Bonchev–Trinajstić information content (AvgIpc) is 2.74. The Hall–Kier alpha value is -1.27. The molecule has 7 heteroatoms. The number of thiophene rings is 1. The Kier molecular flexibility index (Phi) is 4.59. The first-order valence-corrected chi connectivity index (χ1v) is 6.52. The van der Waals surface area contributed by atoms with Crippen molar-refractivity contribution in [2.75, 3.05) is 0 Å². The van der Waals surface area contributed by atoms with E-state index in [1.165, 1.54) is 11.3 Å². The quantitative estimate of drug-likeness (QED) is 0.344. The smallest absolute Gasteiger partial charge is 0.233 e. The lowest BCUT2D eigenvalue weighted by Crippen LogP contribution is -2.46. The average molecular weight is 290 g/mol. The van der Waals surface area contributed by atoms with E-state index in [-0.39, 0.29) is 17.8 Å². The van der Waals surface area contributed by atoms with E-state index in [2.05, 4.69) is 10.5 Å². The van der Waals surface area contributed by atoms with E-state index in [0.717, 1.165) is 4.88 Å². The highest BCUT2D eigenvalue weighted by Crippen LogP contribution is 2.27. The number of amides is 1. The second-order valence-corrected chi connectivity index (χ2v) is 6.19. The normalized spacial score (nSPS) is 14.3. The highest BCUT2D eigenvalue weighted by Gasteiger charge is 2.33. The zero-order valence-corrected chi connectivity index (χ0v) is 12.0. The van der Waals surface area contributed by atoms with Crippen molar-refractivity contribution in [2.45, 2.75) is 26.8 Å².